The first kappa shape index (κ1) is 9.59. The molecule has 0 unspecified atom stereocenters. The van der Waals surface area contributed by atoms with Gasteiger partial charge in [0.2, 0.25) is 0 Å². The second-order valence-corrected chi connectivity index (χ2v) is 4.11. The third kappa shape index (κ3) is 2.10. The van der Waals surface area contributed by atoms with Gasteiger partial charge in [0.1, 0.15) is 11.6 Å². The minimum atomic E-state index is 0.339. The Bertz CT molecular complexity index is 295. The number of methoxy groups -OCH3 is 1. The van der Waals surface area contributed by atoms with E-state index in [9.17, 15) is 0 Å². The zero-order chi connectivity index (χ0) is 9.97. The fourth-order valence-corrected chi connectivity index (χ4v) is 1.89. The van der Waals surface area contributed by atoms with E-state index in [-0.39, 0.29) is 0 Å². The van der Waals surface area contributed by atoms with Crippen molar-refractivity contribution in [3.05, 3.63) is 18.3 Å². The van der Waals surface area contributed by atoms with Gasteiger partial charge in [0.05, 0.1) is 13.3 Å². The highest BCUT2D eigenvalue weighted by molar-refractivity contribution is 6.21. The Morgan fingerprint density at radius 3 is 2.79 bits per heavy atom. The number of hydrogen-bond acceptors (Lipinski definition) is 3. The Kier molecular flexibility index (Phi) is 2.77. The van der Waals surface area contributed by atoms with Crippen molar-refractivity contribution >= 4 is 17.4 Å². The van der Waals surface area contributed by atoms with E-state index in [0.29, 0.717) is 11.4 Å². The summed E-state index contributed by atoms with van der Waals surface area (Å²) in [5.41, 5.74) is 0. The molecular weight excluding hydrogens is 200 g/mol. The van der Waals surface area contributed by atoms with E-state index in [0.717, 1.165) is 24.4 Å². The Labute approximate surface area is 88.4 Å². The molecule has 0 bridgehead atoms. The van der Waals surface area contributed by atoms with Crippen LogP contribution in [0.15, 0.2) is 18.3 Å². The number of halogens is 1. The van der Waals surface area contributed by atoms with Gasteiger partial charge in [-0.1, -0.05) is 0 Å². The molecular formula is C10H13ClN2O. The summed E-state index contributed by atoms with van der Waals surface area (Å²) < 4.78 is 5.02. The summed E-state index contributed by atoms with van der Waals surface area (Å²) in [6, 6.07) is 4.30. The van der Waals surface area contributed by atoms with Crippen molar-refractivity contribution in [2.45, 2.75) is 24.3 Å². The highest BCUT2D eigenvalue weighted by Crippen LogP contribution is 2.28. The van der Waals surface area contributed by atoms with E-state index in [4.69, 9.17) is 16.3 Å². The zero-order valence-electron chi connectivity index (χ0n) is 8.03. The fraction of sp³-hybridized carbons (Fsp3) is 0.500. The molecule has 0 aliphatic heterocycles. The molecule has 0 radical (unpaired) electrons. The minimum absolute atomic E-state index is 0.339. The van der Waals surface area contributed by atoms with E-state index in [2.05, 4.69) is 10.3 Å². The lowest BCUT2D eigenvalue weighted by Gasteiger charge is -2.31. The van der Waals surface area contributed by atoms with Crippen molar-refractivity contribution in [3.8, 4) is 5.75 Å². The molecule has 3 nitrogen and oxygen atoms in total. The van der Waals surface area contributed by atoms with Gasteiger partial charge in [0.15, 0.2) is 0 Å². The molecule has 1 aromatic heterocycles. The summed E-state index contributed by atoms with van der Waals surface area (Å²) >= 11 is 5.88. The van der Waals surface area contributed by atoms with Gasteiger partial charge < -0.3 is 10.1 Å². The second-order valence-electron chi connectivity index (χ2n) is 3.49. The molecule has 0 atom stereocenters. The number of pyridine rings is 1. The number of rotatable bonds is 3. The average molecular weight is 213 g/mol. The highest BCUT2D eigenvalue weighted by atomic mass is 35.5. The number of alkyl halides is 1. The summed E-state index contributed by atoms with van der Waals surface area (Å²) in [4.78, 5) is 4.22. The van der Waals surface area contributed by atoms with Crippen LogP contribution in [0.3, 0.4) is 0 Å². The van der Waals surface area contributed by atoms with Crippen LogP contribution in [0.4, 0.5) is 5.82 Å². The summed E-state index contributed by atoms with van der Waals surface area (Å²) in [6.45, 7) is 0. The molecule has 1 fully saturated rings. The van der Waals surface area contributed by atoms with E-state index in [1.165, 1.54) is 0 Å². The predicted octanol–water partition coefficient (Wildman–Crippen LogP) is 2.27. The third-order valence-corrected chi connectivity index (χ3v) is 2.76. The number of nitrogens with one attached hydrogen (secondary N) is 1. The lowest BCUT2D eigenvalue weighted by Crippen LogP contribution is -2.36. The molecule has 2 rings (SSSR count). The predicted molar refractivity (Wildman–Crippen MR) is 57.1 cm³/mol. The van der Waals surface area contributed by atoms with E-state index in [1.54, 1.807) is 13.3 Å². The van der Waals surface area contributed by atoms with Gasteiger partial charge in [0.25, 0.3) is 0 Å². The molecule has 0 spiro atoms. The molecule has 1 saturated carbocycles. The zero-order valence-corrected chi connectivity index (χ0v) is 8.79. The van der Waals surface area contributed by atoms with Gasteiger partial charge in [-0.15, -0.1) is 11.6 Å². The first-order valence-corrected chi connectivity index (χ1v) is 5.12. The van der Waals surface area contributed by atoms with Gasteiger partial charge in [-0.05, 0) is 25.0 Å². The SMILES string of the molecule is COc1ccc(NC2CC(Cl)C2)nc1. The van der Waals surface area contributed by atoms with E-state index < -0.39 is 0 Å². The quantitative estimate of drug-likeness (QED) is 0.781. The molecule has 1 N–H and O–H groups in total. The van der Waals surface area contributed by atoms with Crippen LogP contribution < -0.4 is 10.1 Å². The maximum atomic E-state index is 5.88. The molecule has 1 aromatic rings. The van der Waals surface area contributed by atoms with Crippen molar-refractivity contribution in [3.63, 3.8) is 0 Å². The number of nitrogens with zero attached hydrogens (tertiary/aromatic N) is 1. The molecule has 76 valence electrons. The minimum Gasteiger partial charge on any atom is -0.495 e. The van der Waals surface area contributed by atoms with Crippen LogP contribution in [0.25, 0.3) is 0 Å². The van der Waals surface area contributed by atoms with Crippen LogP contribution in [0.5, 0.6) is 5.75 Å². The summed E-state index contributed by atoms with van der Waals surface area (Å²) in [5, 5.41) is 3.65. The summed E-state index contributed by atoms with van der Waals surface area (Å²) in [6.07, 6.45) is 3.75. The van der Waals surface area contributed by atoms with Crippen molar-refractivity contribution in [1.82, 2.24) is 4.98 Å². The lowest BCUT2D eigenvalue weighted by molar-refractivity contribution is 0.412. The normalized spacial score (nSPS) is 25.3. The summed E-state index contributed by atoms with van der Waals surface area (Å²) in [7, 11) is 1.63. The van der Waals surface area contributed by atoms with Gasteiger partial charge in [0, 0.05) is 11.4 Å². The molecule has 1 heterocycles. The maximum absolute atomic E-state index is 5.88. The third-order valence-electron chi connectivity index (χ3n) is 2.40. The molecule has 0 aromatic carbocycles. The Morgan fingerprint density at radius 2 is 2.29 bits per heavy atom. The van der Waals surface area contributed by atoms with Crippen LogP contribution >= 0.6 is 11.6 Å². The number of aromatic nitrogens is 1. The standard InChI is InChI=1S/C10H13ClN2O/c1-14-9-2-3-10(12-6-9)13-8-4-7(11)5-8/h2-3,6-8H,4-5H2,1H3,(H,12,13). The Balaban J connectivity index is 1.90. The van der Waals surface area contributed by atoms with Gasteiger partial charge in [-0.3, -0.25) is 0 Å². The Morgan fingerprint density at radius 1 is 1.50 bits per heavy atom. The number of anilines is 1. The van der Waals surface area contributed by atoms with Crippen LogP contribution in [-0.4, -0.2) is 23.5 Å². The van der Waals surface area contributed by atoms with Crippen LogP contribution in [0, 0.1) is 0 Å². The summed E-state index contributed by atoms with van der Waals surface area (Å²) in [5.74, 6) is 1.67. The lowest BCUT2D eigenvalue weighted by atomic mass is 9.92. The molecule has 1 aliphatic rings. The van der Waals surface area contributed by atoms with E-state index in [1.807, 2.05) is 12.1 Å². The van der Waals surface area contributed by atoms with Crippen molar-refractivity contribution in [1.29, 1.82) is 0 Å². The maximum Gasteiger partial charge on any atom is 0.137 e. The smallest absolute Gasteiger partial charge is 0.137 e. The largest absolute Gasteiger partial charge is 0.495 e. The van der Waals surface area contributed by atoms with Crippen LogP contribution in [-0.2, 0) is 0 Å². The number of ether oxygens (including phenoxy) is 1. The van der Waals surface area contributed by atoms with Crippen molar-refractivity contribution < 1.29 is 4.74 Å². The number of hydrogen-bond donors (Lipinski definition) is 1. The van der Waals surface area contributed by atoms with E-state index >= 15 is 0 Å². The molecule has 0 saturated heterocycles. The molecule has 14 heavy (non-hydrogen) atoms. The fourth-order valence-electron chi connectivity index (χ4n) is 1.46. The first-order valence-electron chi connectivity index (χ1n) is 4.68. The van der Waals surface area contributed by atoms with Gasteiger partial charge in [-0.25, -0.2) is 4.98 Å². The van der Waals surface area contributed by atoms with Gasteiger partial charge in [-0.2, -0.15) is 0 Å². The van der Waals surface area contributed by atoms with Crippen molar-refractivity contribution in [2.75, 3.05) is 12.4 Å². The Hall–Kier alpha value is -0.960. The first-order chi connectivity index (χ1) is 6.78. The topological polar surface area (TPSA) is 34.1 Å². The van der Waals surface area contributed by atoms with Crippen LogP contribution in [0.2, 0.25) is 0 Å². The molecule has 0 amide bonds. The second kappa shape index (κ2) is 4.05. The van der Waals surface area contributed by atoms with Crippen LogP contribution in [0.1, 0.15) is 12.8 Å². The average Bonchev–Trinajstić information content (AvgIpc) is 2.17. The molecule has 1 aliphatic carbocycles. The van der Waals surface area contributed by atoms with Gasteiger partial charge >= 0.3 is 0 Å². The van der Waals surface area contributed by atoms with Crippen molar-refractivity contribution in [2.24, 2.45) is 0 Å². The molecule has 4 heteroatoms. The highest BCUT2D eigenvalue weighted by Gasteiger charge is 2.26. The monoisotopic (exact) mass is 212 g/mol.